The van der Waals surface area contributed by atoms with Gasteiger partial charge < -0.3 is 16.0 Å². The number of rotatable bonds is 11. The third-order valence-electron chi connectivity index (χ3n) is 7.98. The van der Waals surface area contributed by atoms with Crippen molar-refractivity contribution in [2.75, 3.05) is 10.6 Å². The van der Waals surface area contributed by atoms with Crippen LogP contribution in [-0.2, 0) is 9.59 Å². The molecule has 1 atom stereocenters. The summed E-state index contributed by atoms with van der Waals surface area (Å²) < 4.78 is 0. The van der Waals surface area contributed by atoms with Gasteiger partial charge in [-0.15, -0.1) is 23.1 Å². The molecule has 0 spiro atoms. The molecule has 6 rings (SSSR count). The monoisotopic (exact) mass is 708 g/mol. The molecule has 9 heteroatoms. The number of thioether (sulfide) groups is 1. The van der Waals surface area contributed by atoms with Crippen LogP contribution < -0.4 is 16.0 Å². The van der Waals surface area contributed by atoms with E-state index in [0.29, 0.717) is 16.4 Å². The number of nitrogens with one attached hydrogen (secondary N) is 3. The molecule has 254 valence electrons. The maximum absolute atomic E-state index is 13.8. The molecular formula is C42H36N4O3S2. The molecule has 1 heterocycles. The van der Waals surface area contributed by atoms with E-state index >= 15 is 0 Å². The topological polar surface area (TPSA) is 100 Å². The summed E-state index contributed by atoms with van der Waals surface area (Å²) in [6.45, 7) is 6.04. The summed E-state index contributed by atoms with van der Waals surface area (Å²) >= 11 is 2.86. The van der Waals surface area contributed by atoms with Gasteiger partial charge in [-0.2, -0.15) is 0 Å². The zero-order valence-electron chi connectivity index (χ0n) is 28.3. The smallest absolute Gasteiger partial charge is 0.272 e. The first kappa shape index (κ1) is 35.1. The minimum atomic E-state index is -0.559. The molecular weight excluding hydrogens is 673 g/mol. The van der Waals surface area contributed by atoms with E-state index in [2.05, 4.69) is 28.1 Å². The van der Waals surface area contributed by atoms with Gasteiger partial charge in [0.1, 0.15) is 10.9 Å². The highest BCUT2D eigenvalue weighted by molar-refractivity contribution is 8.00. The third kappa shape index (κ3) is 9.27. The van der Waals surface area contributed by atoms with Gasteiger partial charge in [0.15, 0.2) is 5.13 Å². The maximum atomic E-state index is 13.8. The molecule has 51 heavy (non-hydrogen) atoms. The molecule has 7 nitrogen and oxygen atoms in total. The fourth-order valence-corrected chi connectivity index (χ4v) is 7.09. The number of carbonyl (C=O) groups excluding carboxylic acids is 3. The number of nitrogens with zero attached hydrogens (tertiary/aromatic N) is 1. The molecule has 0 aliphatic rings. The van der Waals surface area contributed by atoms with Crippen LogP contribution in [0.1, 0.15) is 42.7 Å². The maximum Gasteiger partial charge on any atom is 0.272 e. The van der Waals surface area contributed by atoms with E-state index in [1.165, 1.54) is 28.7 Å². The molecule has 0 saturated heterocycles. The van der Waals surface area contributed by atoms with Crippen molar-refractivity contribution in [3.8, 4) is 11.3 Å². The second-order valence-corrected chi connectivity index (χ2v) is 14.3. The lowest BCUT2D eigenvalue weighted by molar-refractivity contribution is -0.116. The van der Waals surface area contributed by atoms with Crippen LogP contribution in [0, 0.1) is 20.8 Å². The first-order valence-electron chi connectivity index (χ1n) is 16.3. The van der Waals surface area contributed by atoms with Gasteiger partial charge in [-0.1, -0.05) is 108 Å². The largest absolute Gasteiger partial charge is 0.321 e. The second kappa shape index (κ2) is 16.3. The van der Waals surface area contributed by atoms with Crippen molar-refractivity contribution in [1.29, 1.82) is 0 Å². The molecule has 0 bridgehead atoms. The summed E-state index contributed by atoms with van der Waals surface area (Å²) in [7, 11) is 0. The van der Waals surface area contributed by atoms with E-state index in [9.17, 15) is 14.4 Å². The average Bonchev–Trinajstić information content (AvgIpc) is 3.51. The van der Waals surface area contributed by atoms with Crippen LogP contribution in [0.5, 0.6) is 0 Å². The summed E-state index contributed by atoms with van der Waals surface area (Å²) in [5, 5.41) is 8.72. The highest BCUT2D eigenvalue weighted by atomic mass is 32.2. The highest BCUT2D eigenvalue weighted by Gasteiger charge is 2.24. The second-order valence-electron chi connectivity index (χ2n) is 12.0. The fourth-order valence-electron chi connectivity index (χ4n) is 5.22. The van der Waals surface area contributed by atoms with Gasteiger partial charge in [-0.05, 0) is 74.4 Å². The molecule has 6 aromatic rings. The Kier molecular flexibility index (Phi) is 11.2. The minimum absolute atomic E-state index is 0.106. The molecule has 0 saturated carbocycles. The fraction of sp³-hybridized carbons (Fsp3) is 0.0952. The number of carbonyl (C=O) groups is 3. The molecule has 0 aliphatic heterocycles. The van der Waals surface area contributed by atoms with Crippen LogP contribution >= 0.6 is 23.1 Å². The van der Waals surface area contributed by atoms with Crippen molar-refractivity contribution in [3.05, 3.63) is 172 Å². The predicted molar refractivity (Wildman–Crippen MR) is 209 cm³/mol. The van der Waals surface area contributed by atoms with Crippen LogP contribution in [0.2, 0.25) is 0 Å². The molecule has 0 aliphatic carbocycles. The van der Waals surface area contributed by atoms with Crippen LogP contribution in [-0.4, -0.2) is 22.7 Å². The lowest BCUT2D eigenvalue weighted by Gasteiger charge is -2.17. The molecule has 5 aromatic carbocycles. The number of anilines is 2. The average molecular weight is 709 g/mol. The van der Waals surface area contributed by atoms with Gasteiger partial charge in [-0.25, -0.2) is 4.98 Å². The lowest BCUT2D eigenvalue weighted by atomic mass is 10.1. The number of aromatic nitrogens is 1. The summed E-state index contributed by atoms with van der Waals surface area (Å²) in [4.78, 5) is 47.0. The van der Waals surface area contributed by atoms with E-state index in [0.717, 1.165) is 37.7 Å². The van der Waals surface area contributed by atoms with Gasteiger partial charge in [-0.3, -0.25) is 14.4 Å². The molecule has 3 amide bonds. The minimum Gasteiger partial charge on any atom is -0.321 e. The van der Waals surface area contributed by atoms with E-state index in [4.69, 9.17) is 4.98 Å². The van der Waals surface area contributed by atoms with Gasteiger partial charge in [0.2, 0.25) is 5.91 Å². The van der Waals surface area contributed by atoms with Crippen LogP contribution in [0.25, 0.3) is 17.3 Å². The Bertz CT molecular complexity index is 2160. The van der Waals surface area contributed by atoms with Crippen molar-refractivity contribution in [3.63, 3.8) is 0 Å². The number of hydrogen-bond donors (Lipinski definition) is 3. The third-order valence-corrected chi connectivity index (χ3v) is 10.1. The Labute approximate surface area is 305 Å². The predicted octanol–water partition coefficient (Wildman–Crippen LogP) is 9.62. The van der Waals surface area contributed by atoms with Crippen molar-refractivity contribution >= 4 is 57.7 Å². The van der Waals surface area contributed by atoms with Gasteiger partial charge in [0, 0.05) is 26.6 Å². The number of benzene rings is 5. The van der Waals surface area contributed by atoms with Crippen molar-refractivity contribution in [2.24, 2.45) is 0 Å². The van der Waals surface area contributed by atoms with Gasteiger partial charge in [0.05, 0.1) is 5.69 Å². The summed E-state index contributed by atoms with van der Waals surface area (Å²) in [6.07, 6.45) is 1.65. The first-order valence-corrected chi connectivity index (χ1v) is 18.0. The molecule has 1 aromatic heterocycles. The zero-order chi connectivity index (χ0) is 35.7. The Hall–Kier alpha value is -5.77. The van der Waals surface area contributed by atoms with E-state index in [1.54, 1.807) is 42.5 Å². The van der Waals surface area contributed by atoms with Crippen LogP contribution in [0.3, 0.4) is 0 Å². The summed E-state index contributed by atoms with van der Waals surface area (Å²) in [6, 6.07) is 41.5. The van der Waals surface area contributed by atoms with Crippen molar-refractivity contribution in [1.82, 2.24) is 10.3 Å². The first-order chi connectivity index (χ1) is 24.7. The summed E-state index contributed by atoms with van der Waals surface area (Å²) in [5.74, 6) is -1.04. The Morgan fingerprint density at radius 3 is 1.96 bits per heavy atom. The number of aryl methyl sites for hydroxylation is 3. The van der Waals surface area contributed by atoms with Crippen molar-refractivity contribution < 1.29 is 14.4 Å². The zero-order valence-corrected chi connectivity index (χ0v) is 30.0. The standard InChI is InChI=1S/C42H36N4O3S2/c1-27-14-18-30(19-15-27)26-36(44-39(47)33-12-8-5-9-13-33)40(48)43-34-22-24-35(25-23-34)51-38(32-10-6-4-7-11-32)41(49)46-42-45-37(29(3)50-42)31-20-16-28(2)17-21-31/h4-26,38H,1-3H3,(H,43,48)(H,44,47)(H,45,46,49)/b36-26-. The van der Waals surface area contributed by atoms with E-state index in [1.807, 2.05) is 106 Å². The van der Waals surface area contributed by atoms with Crippen LogP contribution in [0.4, 0.5) is 10.8 Å². The van der Waals surface area contributed by atoms with Crippen molar-refractivity contribution in [2.45, 2.75) is 30.9 Å². The molecule has 0 radical (unpaired) electrons. The van der Waals surface area contributed by atoms with E-state index < -0.39 is 11.2 Å². The Morgan fingerprint density at radius 2 is 1.31 bits per heavy atom. The molecule has 0 fully saturated rings. The number of amides is 3. The van der Waals surface area contributed by atoms with Crippen LogP contribution in [0.15, 0.2) is 144 Å². The summed E-state index contributed by atoms with van der Waals surface area (Å²) in [5.41, 5.74) is 6.83. The van der Waals surface area contributed by atoms with Gasteiger partial charge in [0.25, 0.3) is 11.8 Å². The lowest BCUT2D eigenvalue weighted by Crippen LogP contribution is -2.30. The normalized spacial score (nSPS) is 11.8. The SMILES string of the molecule is Cc1ccc(/C=C(\NC(=O)c2ccccc2)C(=O)Nc2ccc(SC(C(=O)Nc3nc(-c4ccc(C)cc4)c(C)s3)c3ccccc3)cc2)cc1. The van der Waals surface area contributed by atoms with Gasteiger partial charge >= 0.3 is 0 Å². The Morgan fingerprint density at radius 1 is 0.706 bits per heavy atom. The number of hydrogen-bond acceptors (Lipinski definition) is 6. The molecule has 3 N–H and O–H groups in total. The highest BCUT2D eigenvalue weighted by Crippen LogP contribution is 2.38. The Balaban J connectivity index is 1.17. The number of thiazole rings is 1. The van der Waals surface area contributed by atoms with E-state index in [-0.39, 0.29) is 17.5 Å². The quantitative estimate of drug-likeness (QED) is 0.0920. The molecule has 1 unspecified atom stereocenters.